The Balaban J connectivity index is 4.22. The van der Waals surface area contributed by atoms with E-state index in [1.54, 1.807) is 0 Å². The summed E-state index contributed by atoms with van der Waals surface area (Å²) in [4.78, 5) is 9.90. The van der Waals surface area contributed by atoms with Gasteiger partial charge in [0.05, 0.1) is 14.1 Å². The van der Waals surface area contributed by atoms with E-state index < -0.39 is 31.3 Å². The number of carbonyl (C=O) groups excluding carboxylic acids is 1. The highest BCUT2D eigenvalue weighted by Crippen LogP contribution is 2.01. The molecule has 0 rings (SSSR count). The van der Waals surface area contributed by atoms with E-state index in [0.29, 0.717) is 0 Å². The summed E-state index contributed by atoms with van der Waals surface area (Å²) >= 11 is 0. The van der Waals surface area contributed by atoms with Crippen molar-refractivity contribution in [2.45, 2.75) is 24.7 Å². The third-order valence-electron chi connectivity index (χ3n) is 1.19. The van der Waals surface area contributed by atoms with E-state index in [9.17, 15) is 4.79 Å². The number of hydrogen-bond donors (Lipinski definition) is 4. The average Bonchev–Trinajstić information content (AvgIpc) is 2.01. The van der Waals surface area contributed by atoms with Gasteiger partial charge in [-0.25, -0.2) is 0 Å². The monoisotopic (exact) mass is 166 g/mol. The molecule has 0 bridgehead atoms. The van der Waals surface area contributed by atoms with Crippen molar-refractivity contribution in [1.82, 2.24) is 0 Å². The van der Waals surface area contributed by atoms with Crippen molar-refractivity contribution in [1.29, 1.82) is 0 Å². The maximum atomic E-state index is 9.90. The molecule has 0 unspecified atom stereocenters. The first-order valence-electron chi connectivity index (χ1n) is 3.58. The summed E-state index contributed by atoms with van der Waals surface area (Å²) in [7, 11) is 0. The molecule has 0 aromatic heterocycles. The molecule has 5 nitrogen and oxygen atoms in total. The first-order chi connectivity index (χ1) is 5.45. The van der Waals surface area contributed by atoms with E-state index in [4.69, 9.17) is 21.8 Å². The molecular weight excluding hydrogens is 153 g/mol. The van der Waals surface area contributed by atoms with E-state index in [0.717, 1.165) is 0 Å². The second-order valence-electron chi connectivity index (χ2n) is 2.06. The number of hydrogen-bond acceptors (Lipinski definition) is 5. The zero-order valence-electron chi connectivity index (χ0n) is 6.84. The summed E-state index contributed by atoms with van der Waals surface area (Å²) in [5.41, 5.74) is 0. The molecule has 0 aromatic carbocycles. The molecule has 5 heteroatoms. The molecule has 0 saturated heterocycles. The average molecular weight is 166 g/mol. The molecule has 0 radical (unpaired) electrons. The van der Waals surface area contributed by atoms with Crippen molar-refractivity contribution < 1.29 is 26.6 Å². The molecule has 0 fully saturated rings. The van der Waals surface area contributed by atoms with Crippen molar-refractivity contribution in [2.24, 2.45) is 0 Å². The van der Waals surface area contributed by atoms with Crippen LogP contribution in [0, 0.1) is 0 Å². The number of aliphatic hydroxyl groups excluding tert-OH is 3. The van der Waals surface area contributed by atoms with Crippen molar-refractivity contribution >= 4 is 6.29 Å². The summed E-state index contributed by atoms with van der Waals surface area (Å²) in [6.07, 6.45) is -6.28. The van der Waals surface area contributed by atoms with E-state index >= 15 is 0 Å². The second kappa shape index (κ2) is 5.20. The zero-order chi connectivity index (χ0) is 9.78. The molecule has 0 heterocycles. The first kappa shape index (κ1) is 8.61. The Morgan fingerprint density at radius 2 is 2.00 bits per heavy atom. The van der Waals surface area contributed by atoms with Gasteiger partial charge in [0.1, 0.15) is 18.5 Å². The fourth-order valence-corrected chi connectivity index (χ4v) is 0.528. The van der Waals surface area contributed by atoms with Crippen molar-refractivity contribution in [3.63, 3.8) is 0 Å². The third-order valence-corrected chi connectivity index (χ3v) is 1.19. The summed E-state index contributed by atoms with van der Waals surface area (Å²) < 4.78 is 6.97. The predicted octanol–water partition coefficient (Wildman–Crippen LogP) is -2.35. The van der Waals surface area contributed by atoms with Crippen molar-refractivity contribution in [3.05, 3.63) is 0 Å². The quantitative estimate of drug-likeness (QED) is 0.271. The number of rotatable bonds is 5. The predicted molar refractivity (Wildman–Crippen MR) is 35.8 cm³/mol. The van der Waals surface area contributed by atoms with Crippen molar-refractivity contribution in [2.75, 3.05) is 6.61 Å². The van der Waals surface area contributed by atoms with Crippen LogP contribution >= 0.6 is 0 Å². The molecule has 0 aliphatic heterocycles. The molecule has 0 saturated carbocycles. The van der Waals surface area contributed by atoms with Crippen LogP contribution in [0.1, 0.15) is 7.79 Å². The Kier molecular flexibility index (Phi) is 4.07. The van der Waals surface area contributed by atoms with E-state index in [2.05, 4.69) is 0 Å². The molecule has 3 atom stereocenters. The van der Waals surface area contributed by atoms with Gasteiger partial charge in [-0.2, -0.15) is 0 Å². The van der Waals surface area contributed by atoms with Gasteiger partial charge in [-0.1, -0.05) is 0 Å². The number of carbonyl (C=O) groups is 1. The zero-order valence-corrected chi connectivity index (χ0v) is 5.84. The second-order valence-corrected chi connectivity index (χ2v) is 2.06. The van der Waals surface area contributed by atoms with E-state index in [-0.39, 0.29) is 6.29 Å². The fourth-order valence-electron chi connectivity index (χ4n) is 0.528. The maximum Gasteiger partial charge on any atom is 0.122 e. The molecular formula is C6H12O5. The van der Waals surface area contributed by atoms with Gasteiger partial charge in [0, 0.05) is 6.42 Å². The van der Waals surface area contributed by atoms with Crippen LogP contribution in [-0.2, 0) is 4.79 Å². The lowest BCUT2D eigenvalue weighted by Crippen LogP contribution is -2.39. The summed E-state index contributed by atoms with van der Waals surface area (Å²) in [6, 6.07) is 0. The smallest absolute Gasteiger partial charge is 0.122 e. The molecule has 0 spiro atoms. The molecule has 0 aromatic rings. The highest BCUT2D eigenvalue weighted by atomic mass is 16.4. The lowest BCUT2D eigenvalue weighted by molar-refractivity contribution is -0.115. The highest BCUT2D eigenvalue weighted by Gasteiger charge is 2.23. The number of aldehydes is 1. The normalized spacial score (nSPS) is 23.1. The largest absolute Gasteiger partial charge is 0.394 e. The van der Waals surface area contributed by atoms with Crippen LogP contribution in [0.25, 0.3) is 0 Å². The van der Waals surface area contributed by atoms with Crippen LogP contribution < -0.4 is 0 Å². The van der Waals surface area contributed by atoms with Gasteiger partial charge >= 0.3 is 0 Å². The minimum absolute atomic E-state index is 0.250. The van der Waals surface area contributed by atoms with Crippen LogP contribution in [-0.4, -0.2) is 51.6 Å². The highest BCUT2D eigenvalue weighted by molar-refractivity contribution is 5.50. The molecule has 66 valence electrons. The minimum Gasteiger partial charge on any atom is -0.394 e. The first-order valence-corrected chi connectivity index (χ1v) is 3.08. The number of aliphatic hydroxyl groups is 4. The lowest BCUT2D eigenvalue weighted by Gasteiger charge is -2.19. The van der Waals surface area contributed by atoms with Gasteiger partial charge in [-0.3, -0.25) is 0 Å². The van der Waals surface area contributed by atoms with E-state index in [1.165, 1.54) is 0 Å². The van der Waals surface area contributed by atoms with Crippen LogP contribution in [0.3, 0.4) is 0 Å². The Morgan fingerprint density at radius 3 is 2.36 bits per heavy atom. The molecule has 0 aliphatic carbocycles. The Labute approximate surface area is 65.3 Å². The van der Waals surface area contributed by atoms with E-state index in [1.807, 2.05) is 0 Å². The Morgan fingerprint density at radius 1 is 1.45 bits per heavy atom. The Hall–Kier alpha value is -0.490. The standard InChI is InChI=1S/C6H12O5/c7-2-1-4(9)6(11)5(10)3-8/h2,4-6,8-11H,1,3H2/t4-,5-,6+/m1/s1/i4+1D. The third kappa shape index (κ3) is 3.43. The molecule has 0 aliphatic rings. The summed E-state index contributed by atoms with van der Waals surface area (Å²) in [6.45, 7) is -0.777. The van der Waals surface area contributed by atoms with Crippen LogP contribution in [0.2, 0.25) is 0 Å². The van der Waals surface area contributed by atoms with Gasteiger partial charge in [0.25, 0.3) is 0 Å². The minimum atomic E-state index is -2.44. The molecule has 0 amide bonds. The SMILES string of the molecule is [2H][13C@@](O)(CC=O)[C@H](O)[C@H](O)CO. The topological polar surface area (TPSA) is 98.0 Å². The van der Waals surface area contributed by atoms with Gasteiger partial charge in [0.15, 0.2) is 0 Å². The van der Waals surface area contributed by atoms with Crippen LogP contribution in [0.4, 0.5) is 0 Å². The lowest BCUT2D eigenvalue weighted by atomic mass is 10.2. The summed E-state index contributed by atoms with van der Waals surface area (Å²) in [5, 5.41) is 35.1. The van der Waals surface area contributed by atoms with Crippen LogP contribution in [0.15, 0.2) is 0 Å². The Bertz CT molecular complexity index is 149. The molecule has 11 heavy (non-hydrogen) atoms. The molecule has 4 N–H and O–H groups in total. The van der Waals surface area contributed by atoms with Crippen molar-refractivity contribution in [3.8, 4) is 0 Å². The van der Waals surface area contributed by atoms with Gasteiger partial charge in [0.2, 0.25) is 0 Å². The van der Waals surface area contributed by atoms with Gasteiger partial charge < -0.3 is 25.2 Å². The maximum absolute atomic E-state index is 9.90. The summed E-state index contributed by atoms with van der Waals surface area (Å²) in [5.74, 6) is 0. The van der Waals surface area contributed by atoms with Gasteiger partial charge in [-0.05, 0) is 0 Å². The van der Waals surface area contributed by atoms with Gasteiger partial charge in [-0.15, -0.1) is 0 Å². The fraction of sp³-hybridized carbons (Fsp3) is 0.833. The van der Waals surface area contributed by atoms with Crippen LogP contribution in [0.5, 0.6) is 0 Å².